The predicted molar refractivity (Wildman–Crippen MR) is 130 cm³/mol. The van der Waals surface area contributed by atoms with Gasteiger partial charge in [0.1, 0.15) is 4.21 Å². The van der Waals surface area contributed by atoms with E-state index in [1.54, 1.807) is 17.5 Å². The van der Waals surface area contributed by atoms with Gasteiger partial charge in [0, 0.05) is 44.5 Å². The Bertz CT molecular complexity index is 1120. The van der Waals surface area contributed by atoms with Gasteiger partial charge in [0.05, 0.1) is 25.9 Å². The molecular weight excluding hydrogens is 519 g/mol. The van der Waals surface area contributed by atoms with Crippen molar-refractivity contribution < 1.29 is 36.5 Å². The standard InChI is InChI=1S/C23H30F3N3O5S2/c1-17-15-34-11-10-27(17)13-20-14-28(36(32,33)21-3-2-12-35-21)8-9-29(20)19-6-4-18(5-7-19)22(31,16-30)23(24,25)26/h2-7,12,17,20,30-31H,8-11,13-16H2,1H3/t17-,20-,22-/m0/s1. The molecule has 2 saturated heterocycles. The van der Waals surface area contributed by atoms with Gasteiger partial charge in [-0.05, 0) is 36.1 Å². The first-order valence-corrected chi connectivity index (χ1v) is 13.9. The summed E-state index contributed by atoms with van der Waals surface area (Å²) in [5, 5.41) is 21.0. The number of morpholine rings is 1. The second-order valence-electron chi connectivity index (χ2n) is 9.12. The van der Waals surface area contributed by atoms with E-state index >= 15 is 0 Å². The molecule has 1 aromatic carbocycles. The highest BCUT2D eigenvalue weighted by molar-refractivity contribution is 7.91. The highest BCUT2D eigenvalue weighted by atomic mass is 32.2. The van der Waals surface area contributed by atoms with Crippen molar-refractivity contribution in [1.29, 1.82) is 0 Å². The van der Waals surface area contributed by atoms with Crippen molar-refractivity contribution in [3.8, 4) is 0 Å². The minimum Gasteiger partial charge on any atom is -0.393 e. The van der Waals surface area contributed by atoms with Crippen molar-refractivity contribution in [3.05, 3.63) is 47.3 Å². The van der Waals surface area contributed by atoms with Crippen molar-refractivity contribution in [2.75, 3.05) is 57.4 Å². The summed E-state index contributed by atoms with van der Waals surface area (Å²) < 4.78 is 73.8. The van der Waals surface area contributed by atoms with Gasteiger partial charge >= 0.3 is 6.18 Å². The minimum absolute atomic E-state index is 0.138. The van der Waals surface area contributed by atoms with Crippen LogP contribution in [0.3, 0.4) is 0 Å². The zero-order chi connectivity index (χ0) is 26.1. The van der Waals surface area contributed by atoms with Crippen LogP contribution in [0.2, 0.25) is 0 Å². The summed E-state index contributed by atoms with van der Waals surface area (Å²) in [6, 6.07) is 8.40. The average Bonchev–Trinajstić information content (AvgIpc) is 3.40. The lowest BCUT2D eigenvalue weighted by molar-refractivity contribution is -0.277. The molecule has 0 amide bonds. The highest BCUT2D eigenvalue weighted by Crippen LogP contribution is 2.39. The second kappa shape index (κ2) is 10.6. The molecule has 3 heterocycles. The highest BCUT2D eigenvalue weighted by Gasteiger charge is 2.54. The number of thiophene rings is 1. The number of aliphatic hydroxyl groups excluding tert-OH is 1. The first-order valence-electron chi connectivity index (χ1n) is 11.6. The smallest absolute Gasteiger partial charge is 0.393 e. The van der Waals surface area contributed by atoms with Crippen LogP contribution in [0.5, 0.6) is 0 Å². The molecule has 2 aliphatic heterocycles. The molecule has 200 valence electrons. The quantitative estimate of drug-likeness (QED) is 0.547. The number of piperazine rings is 1. The Hall–Kier alpha value is -1.74. The molecule has 36 heavy (non-hydrogen) atoms. The Balaban J connectivity index is 1.61. The summed E-state index contributed by atoms with van der Waals surface area (Å²) in [6.45, 7) is 3.70. The SMILES string of the molecule is C[C@H]1COCCN1C[C@H]1CN(S(=O)(=O)c2cccs2)CCN1c1ccc([C@@](O)(CO)C(F)(F)F)cc1. The molecule has 3 atom stereocenters. The van der Waals surface area contributed by atoms with Gasteiger partial charge in [-0.3, -0.25) is 4.90 Å². The molecule has 0 radical (unpaired) electrons. The number of anilines is 1. The van der Waals surface area contributed by atoms with Gasteiger partial charge in [-0.2, -0.15) is 17.5 Å². The Morgan fingerprint density at radius 2 is 1.86 bits per heavy atom. The summed E-state index contributed by atoms with van der Waals surface area (Å²) in [6.07, 6.45) is -5.04. The number of alkyl halides is 3. The number of hydrogen-bond acceptors (Lipinski definition) is 8. The Morgan fingerprint density at radius 1 is 1.14 bits per heavy atom. The molecule has 0 spiro atoms. The molecular formula is C23H30F3N3O5S2. The number of hydrogen-bond donors (Lipinski definition) is 2. The summed E-state index contributed by atoms with van der Waals surface area (Å²) in [7, 11) is -3.66. The molecule has 0 aliphatic carbocycles. The molecule has 2 N–H and O–H groups in total. The van der Waals surface area contributed by atoms with E-state index in [2.05, 4.69) is 4.90 Å². The van der Waals surface area contributed by atoms with Gasteiger partial charge < -0.3 is 19.8 Å². The summed E-state index contributed by atoms with van der Waals surface area (Å²) >= 11 is 1.16. The number of sulfonamides is 1. The maximum Gasteiger partial charge on any atom is 0.423 e. The first kappa shape index (κ1) is 27.3. The fraction of sp³-hybridized carbons (Fsp3) is 0.565. The van der Waals surface area contributed by atoms with E-state index in [1.165, 1.54) is 16.4 Å². The lowest BCUT2D eigenvalue weighted by Crippen LogP contribution is -2.60. The van der Waals surface area contributed by atoms with E-state index < -0.39 is 34.0 Å². The molecule has 4 rings (SSSR count). The molecule has 0 saturated carbocycles. The summed E-state index contributed by atoms with van der Waals surface area (Å²) in [5.41, 5.74) is -3.21. The van der Waals surface area contributed by atoms with E-state index in [0.717, 1.165) is 23.5 Å². The maximum atomic E-state index is 13.4. The molecule has 13 heteroatoms. The van der Waals surface area contributed by atoms with Gasteiger partial charge in [0.15, 0.2) is 0 Å². The lowest BCUT2D eigenvalue weighted by atomic mass is 9.93. The molecule has 2 aliphatic rings. The zero-order valence-corrected chi connectivity index (χ0v) is 21.4. The van der Waals surface area contributed by atoms with E-state index in [-0.39, 0.29) is 29.4 Å². The van der Waals surface area contributed by atoms with Crippen molar-refractivity contribution >= 4 is 27.0 Å². The molecule has 8 nitrogen and oxygen atoms in total. The van der Waals surface area contributed by atoms with Crippen LogP contribution in [0.25, 0.3) is 0 Å². The number of benzene rings is 1. The summed E-state index contributed by atoms with van der Waals surface area (Å²) in [4.78, 5) is 4.23. The van der Waals surface area contributed by atoms with Crippen LogP contribution in [0, 0.1) is 0 Å². The molecule has 1 aromatic heterocycles. The van der Waals surface area contributed by atoms with Crippen molar-refractivity contribution in [1.82, 2.24) is 9.21 Å². The molecule has 0 unspecified atom stereocenters. The topological polar surface area (TPSA) is 93.6 Å². The van der Waals surface area contributed by atoms with Crippen LogP contribution in [-0.2, 0) is 20.4 Å². The monoisotopic (exact) mass is 549 g/mol. The number of aliphatic hydroxyl groups is 2. The number of rotatable bonds is 7. The molecule has 2 fully saturated rings. The second-order valence-corrected chi connectivity index (χ2v) is 12.2. The van der Waals surface area contributed by atoms with E-state index in [9.17, 15) is 31.8 Å². The number of ether oxygens (including phenoxy) is 1. The predicted octanol–water partition coefficient (Wildman–Crippen LogP) is 2.09. The van der Waals surface area contributed by atoms with Gasteiger partial charge in [-0.25, -0.2) is 8.42 Å². The van der Waals surface area contributed by atoms with Crippen LogP contribution in [0.15, 0.2) is 46.0 Å². The third-order valence-corrected chi connectivity index (χ3v) is 10.1. The van der Waals surface area contributed by atoms with Gasteiger partial charge in [-0.15, -0.1) is 11.3 Å². The lowest BCUT2D eigenvalue weighted by Gasteiger charge is -2.45. The van der Waals surface area contributed by atoms with E-state index in [0.29, 0.717) is 38.5 Å². The molecule has 2 aromatic rings. The normalized spacial score (nSPS) is 24.6. The third-order valence-electron chi connectivity index (χ3n) is 6.86. The van der Waals surface area contributed by atoms with Gasteiger partial charge in [-0.1, -0.05) is 18.2 Å². The van der Waals surface area contributed by atoms with Crippen LogP contribution in [-0.4, -0.2) is 98.6 Å². The van der Waals surface area contributed by atoms with Crippen LogP contribution in [0.1, 0.15) is 12.5 Å². The van der Waals surface area contributed by atoms with Crippen LogP contribution < -0.4 is 4.90 Å². The largest absolute Gasteiger partial charge is 0.423 e. The third kappa shape index (κ3) is 5.28. The van der Waals surface area contributed by atoms with Crippen molar-refractivity contribution in [2.45, 2.75) is 35.0 Å². The van der Waals surface area contributed by atoms with Crippen LogP contribution in [0.4, 0.5) is 18.9 Å². The van der Waals surface area contributed by atoms with E-state index in [1.807, 2.05) is 11.8 Å². The average molecular weight is 550 g/mol. The zero-order valence-electron chi connectivity index (χ0n) is 19.8. The fourth-order valence-corrected chi connectivity index (χ4v) is 7.27. The minimum atomic E-state index is -5.04. The number of nitrogens with zero attached hydrogens (tertiary/aromatic N) is 3. The number of halogens is 3. The van der Waals surface area contributed by atoms with E-state index in [4.69, 9.17) is 4.74 Å². The Morgan fingerprint density at radius 3 is 2.44 bits per heavy atom. The fourth-order valence-electron chi connectivity index (χ4n) is 4.66. The summed E-state index contributed by atoms with van der Waals surface area (Å²) in [5.74, 6) is 0. The van der Waals surface area contributed by atoms with Gasteiger partial charge in [0.2, 0.25) is 5.60 Å². The van der Waals surface area contributed by atoms with Gasteiger partial charge in [0.25, 0.3) is 10.0 Å². The van der Waals surface area contributed by atoms with Crippen molar-refractivity contribution in [2.24, 2.45) is 0 Å². The maximum absolute atomic E-state index is 13.4. The Kier molecular flexibility index (Phi) is 8.01. The van der Waals surface area contributed by atoms with Crippen LogP contribution >= 0.6 is 11.3 Å². The first-order chi connectivity index (χ1) is 17.0. The Labute approximate surface area is 212 Å². The molecule has 0 bridgehead atoms. The van der Waals surface area contributed by atoms with Crippen molar-refractivity contribution in [3.63, 3.8) is 0 Å².